The highest BCUT2D eigenvalue weighted by Crippen LogP contribution is 2.27. The van der Waals surface area contributed by atoms with Gasteiger partial charge in [0, 0.05) is 21.1 Å². The number of rotatable bonds is 3. The molecule has 3 aromatic rings. The molecule has 122 valence electrons. The molecule has 3 rings (SSSR count). The van der Waals surface area contributed by atoms with Crippen LogP contribution in [0.1, 0.15) is 0 Å². The van der Waals surface area contributed by atoms with Gasteiger partial charge in [0.25, 0.3) is 0 Å². The molecule has 0 aliphatic carbocycles. The average Bonchev–Trinajstić information content (AvgIpc) is 3.00. The number of nitrogens with one attached hydrogen (secondary N) is 2. The number of carbonyl (C=O) groups excluding carboxylic acids is 1. The number of carbonyl (C=O) groups is 1. The van der Waals surface area contributed by atoms with E-state index in [1.807, 2.05) is 29.6 Å². The molecule has 0 radical (unpaired) electrons. The van der Waals surface area contributed by atoms with Gasteiger partial charge in [-0.15, -0.1) is 11.3 Å². The second kappa shape index (κ2) is 7.53. The van der Waals surface area contributed by atoms with E-state index < -0.39 is 6.03 Å². The molecule has 1 heterocycles. The van der Waals surface area contributed by atoms with E-state index in [2.05, 4.69) is 31.5 Å². The lowest BCUT2D eigenvalue weighted by molar-refractivity contribution is 0.262. The first-order chi connectivity index (χ1) is 11.5. The van der Waals surface area contributed by atoms with E-state index in [-0.39, 0.29) is 0 Å². The quantitative estimate of drug-likeness (QED) is 0.484. The fourth-order valence-corrected chi connectivity index (χ4v) is 3.19. The van der Waals surface area contributed by atoms with Crippen molar-refractivity contribution < 1.29 is 4.79 Å². The van der Waals surface area contributed by atoms with Gasteiger partial charge in [0.15, 0.2) is 5.13 Å². The first-order valence-electron chi connectivity index (χ1n) is 6.76. The molecule has 2 N–H and O–H groups in total. The van der Waals surface area contributed by atoms with E-state index in [9.17, 15) is 4.79 Å². The Morgan fingerprint density at radius 3 is 2.50 bits per heavy atom. The summed E-state index contributed by atoms with van der Waals surface area (Å²) in [5.74, 6) is 0. The van der Waals surface area contributed by atoms with Crippen LogP contribution in [0.3, 0.4) is 0 Å². The lowest BCUT2D eigenvalue weighted by Gasteiger charge is -2.06. The van der Waals surface area contributed by atoms with Crippen LogP contribution >= 0.6 is 50.5 Å². The van der Waals surface area contributed by atoms with Gasteiger partial charge < -0.3 is 5.32 Å². The fourth-order valence-electron chi connectivity index (χ4n) is 1.92. The number of benzene rings is 2. The van der Waals surface area contributed by atoms with Gasteiger partial charge in [0.2, 0.25) is 0 Å². The molecule has 0 spiro atoms. The Balaban J connectivity index is 1.66. The van der Waals surface area contributed by atoms with Crippen LogP contribution in [-0.2, 0) is 0 Å². The first-order valence-corrected chi connectivity index (χ1v) is 9.18. The SMILES string of the molecule is O=C(Nc1ccc(Cl)c(Cl)c1)Nc1nc(-c2ccc(Br)cc2)cs1. The number of urea groups is 1. The third-order valence-electron chi connectivity index (χ3n) is 3.04. The van der Waals surface area contributed by atoms with E-state index in [0.717, 1.165) is 15.7 Å². The Hall–Kier alpha value is -1.60. The van der Waals surface area contributed by atoms with Gasteiger partial charge in [-0.25, -0.2) is 9.78 Å². The number of aromatic nitrogens is 1. The number of hydrogen-bond donors (Lipinski definition) is 2. The highest BCUT2D eigenvalue weighted by Gasteiger charge is 2.09. The number of anilines is 2. The minimum Gasteiger partial charge on any atom is -0.308 e. The van der Waals surface area contributed by atoms with Gasteiger partial charge in [0.05, 0.1) is 15.7 Å². The lowest BCUT2D eigenvalue weighted by Crippen LogP contribution is -2.19. The zero-order valence-electron chi connectivity index (χ0n) is 12.0. The average molecular weight is 443 g/mol. The standard InChI is InChI=1S/C16H10BrCl2N3OS/c17-10-3-1-9(2-4-10)14-8-24-16(21-14)22-15(23)20-11-5-6-12(18)13(19)7-11/h1-8H,(H2,20,21,22,23). The van der Waals surface area contributed by atoms with Crippen molar-refractivity contribution in [1.82, 2.24) is 4.98 Å². The van der Waals surface area contributed by atoms with Crippen molar-refractivity contribution in [2.45, 2.75) is 0 Å². The summed E-state index contributed by atoms with van der Waals surface area (Å²) in [6, 6.07) is 12.3. The second-order valence-electron chi connectivity index (χ2n) is 4.75. The van der Waals surface area contributed by atoms with Gasteiger partial charge in [-0.05, 0) is 30.3 Å². The van der Waals surface area contributed by atoms with Crippen LogP contribution in [0.25, 0.3) is 11.3 Å². The Morgan fingerprint density at radius 1 is 1.04 bits per heavy atom. The molecule has 2 amide bonds. The van der Waals surface area contributed by atoms with Gasteiger partial charge in [-0.3, -0.25) is 5.32 Å². The summed E-state index contributed by atoms with van der Waals surface area (Å²) < 4.78 is 1.00. The molecule has 0 aliphatic rings. The van der Waals surface area contributed by atoms with Crippen LogP contribution in [-0.4, -0.2) is 11.0 Å². The van der Waals surface area contributed by atoms with E-state index in [4.69, 9.17) is 23.2 Å². The van der Waals surface area contributed by atoms with Crippen LogP contribution in [0, 0.1) is 0 Å². The topological polar surface area (TPSA) is 54.0 Å². The molecule has 1 aromatic heterocycles. The van der Waals surface area contributed by atoms with Crippen molar-refractivity contribution >= 4 is 67.3 Å². The highest BCUT2D eigenvalue weighted by molar-refractivity contribution is 9.10. The molecule has 0 saturated heterocycles. The smallest absolute Gasteiger partial charge is 0.308 e. The third kappa shape index (κ3) is 4.27. The monoisotopic (exact) mass is 441 g/mol. The minimum atomic E-state index is -0.398. The third-order valence-corrected chi connectivity index (χ3v) is 5.07. The van der Waals surface area contributed by atoms with Crippen molar-refractivity contribution in [3.8, 4) is 11.3 Å². The molecule has 0 fully saturated rings. The summed E-state index contributed by atoms with van der Waals surface area (Å²) in [4.78, 5) is 16.4. The van der Waals surface area contributed by atoms with E-state index in [1.54, 1.807) is 18.2 Å². The summed E-state index contributed by atoms with van der Waals surface area (Å²) in [7, 11) is 0. The molecule has 8 heteroatoms. The fraction of sp³-hybridized carbons (Fsp3) is 0. The molecule has 2 aromatic carbocycles. The molecule has 4 nitrogen and oxygen atoms in total. The van der Waals surface area contributed by atoms with Crippen molar-refractivity contribution in [2.24, 2.45) is 0 Å². The van der Waals surface area contributed by atoms with Crippen LogP contribution in [0.15, 0.2) is 52.3 Å². The summed E-state index contributed by atoms with van der Waals surface area (Å²) >= 11 is 16.5. The predicted molar refractivity (Wildman–Crippen MR) is 104 cm³/mol. The van der Waals surface area contributed by atoms with Gasteiger partial charge in [-0.2, -0.15) is 0 Å². The maximum atomic E-state index is 12.0. The summed E-state index contributed by atoms with van der Waals surface area (Å²) in [5, 5.41) is 8.58. The minimum absolute atomic E-state index is 0.376. The number of nitrogens with zero attached hydrogens (tertiary/aromatic N) is 1. The maximum absolute atomic E-state index is 12.0. The van der Waals surface area contributed by atoms with Crippen LogP contribution < -0.4 is 10.6 Å². The van der Waals surface area contributed by atoms with Crippen molar-refractivity contribution in [1.29, 1.82) is 0 Å². The Labute approximate surface area is 161 Å². The number of amides is 2. The summed E-state index contributed by atoms with van der Waals surface area (Å²) in [6.45, 7) is 0. The molecule has 0 saturated carbocycles. The van der Waals surface area contributed by atoms with Gasteiger partial charge in [0.1, 0.15) is 0 Å². The predicted octanol–water partition coefficient (Wildman–Crippen LogP) is 6.52. The van der Waals surface area contributed by atoms with Crippen LogP contribution in [0.2, 0.25) is 10.0 Å². The van der Waals surface area contributed by atoms with E-state index in [1.165, 1.54) is 11.3 Å². The molecule has 0 atom stereocenters. The molecule has 0 bridgehead atoms. The number of halogens is 3. The number of hydrogen-bond acceptors (Lipinski definition) is 3. The molecule has 0 aliphatic heterocycles. The Bertz CT molecular complexity index is 883. The van der Waals surface area contributed by atoms with Crippen LogP contribution in [0.5, 0.6) is 0 Å². The number of thiazole rings is 1. The maximum Gasteiger partial charge on any atom is 0.325 e. The summed E-state index contributed by atoms with van der Waals surface area (Å²) in [6.07, 6.45) is 0. The first kappa shape index (κ1) is 17.2. The van der Waals surface area contributed by atoms with Gasteiger partial charge in [-0.1, -0.05) is 51.3 Å². The lowest BCUT2D eigenvalue weighted by atomic mass is 10.2. The molecule has 0 unspecified atom stereocenters. The molecular weight excluding hydrogens is 433 g/mol. The van der Waals surface area contributed by atoms with Crippen LogP contribution in [0.4, 0.5) is 15.6 Å². The largest absolute Gasteiger partial charge is 0.325 e. The zero-order valence-corrected chi connectivity index (χ0v) is 15.9. The summed E-state index contributed by atoms with van der Waals surface area (Å²) in [5.41, 5.74) is 2.33. The zero-order chi connectivity index (χ0) is 17.1. The van der Waals surface area contributed by atoms with E-state index >= 15 is 0 Å². The van der Waals surface area contributed by atoms with Gasteiger partial charge >= 0.3 is 6.03 Å². The van der Waals surface area contributed by atoms with Crippen molar-refractivity contribution in [3.63, 3.8) is 0 Å². The second-order valence-corrected chi connectivity index (χ2v) is 7.34. The highest BCUT2D eigenvalue weighted by atomic mass is 79.9. The van der Waals surface area contributed by atoms with E-state index in [0.29, 0.717) is 20.9 Å². The Morgan fingerprint density at radius 2 is 1.79 bits per heavy atom. The Kier molecular flexibility index (Phi) is 5.40. The normalized spacial score (nSPS) is 10.5. The van der Waals surface area contributed by atoms with Crippen molar-refractivity contribution in [3.05, 3.63) is 62.4 Å². The molecule has 24 heavy (non-hydrogen) atoms. The molecular formula is C16H10BrCl2N3OS. The van der Waals surface area contributed by atoms with Crippen molar-refractivity contribution in [2.75, 3.05) is 10.6 Å².